The van der Waals surface area contributed by atoms with Gasteiger partial charge in [0.1, 0.15) is 0 Å². The maximum atomic E-state index is 12.0. The summed E-state index contributed by atoms with van der Waals surface area (Å²) in [4.78, 5) is 23.7. The molecule has 28 heavy (non-hydrogen) atoms. The Morgan fingerprint density at radius 3 is 2.64 bits per heavy atom. The molecular formula is C19H28N6O2S. The molecule has 0 aliphatic rings. The van der Waals surface area contributed by atoms with E-state index in [1.807, 2.05) is 12.1 Å². The number of carbonyl (C=O) groups excluding carboxylic acids is 2. The topological polar surface area (TPSA) is 102 Å². The van der Waals surface area contributed by atoms with Crippen molar-refractivity contribution < 1.29 is 9.59 Å². The van der Waals surface area contributed by atoms with E-state index < -0.39 is 11.9 Å². The van der Waals surface area contributed by atoms with Crippen LogP contribution >= 0.6 is 11.8 Å². The van der Waals surface area contributed by atoms with Crippen LogP contribution in [0.5, 0.6) is 0 Å². The van der Waals surface area contributed by atoms with Crippen molar-refractivity contribution in [3.63, 3.8) is 0 Å². The van der Waals surface area contributed by atoms with Crippen LogP contribution in [0.4, 0.5) is 4.79 Å². The van der Waals surface area contributed by atoms with Crippen molar-refractivity contribution in [2.45, 2.75) is 51.6 Å². The molecule has 2 N–H and O–H groups in total. The summed E-state index contributed by atoms with van der Waals surface area (Å²) in [5.41, 5.74) is 2.11. The first kappa shape index (κ1) is 21.9. The Balaban J connectivity index is 1.85. The van der Waals surface area contributed by atoms with Crippen molar-refractivity contribution in [2.75, 3.05) is 12.3 Å². The SMILES string of the molecule is CCCCc1ccc(-n2nnnc2SCC(=O)NC(=O)NCCC(C)C)cc1. The number of benzene rings is 1. The highest BCUT2D eigenvalue weighted by molar-refractivity contribution is 7.99. The summed E-state index contributed by atoms with van der Waals surface area (Å²) in [6.07, 6.45) is 4.23. The van der Waals surface area contributed by atoms with E-state index in [1.54, 1.807) is 4.68 Å². The molecule has 0 atom stereocenters. The van der Waals surface area contributed by atoms with E-state index in [4.69, 9.17) is 0 Å². The van der Waals surface area contributed by atoms with Crippen LogP contribution in [-0.2, 0) is 11.2 Å². The number of hydrogen-bond donors (Lipinski definition) is 2. The van der Waals surface area contributed by atoms with Gasteiger partial charge in [-0.15, -0.1) is 5.10 Å². The molecule has 9 heteroatoms. The number of aromatic nitrogens is 4. The molecule has 2 rings (SSSR count). The standard InChI is InChI=1S/C19H28N6O2S/c1-4-5-6-15-7-9-16(10-8-15)25-19(22-23-24-25)28-13-17(26)21-18(27)20-12-11-14(2)3/h7-10,14H,4-6,11-13H2,1-3H3,(H2,20,21,26,27). The molecular weight excluding hydrogens is 376 g/mol. The number of thioether (sulfide) groups is 1. The Morgan fingerprint density at radius 1 is 1.21 bits per heavy atom. The number of carbonyl (C=O) groups is 2. The van der Waals surface area contributed by atoms with E-state index in [0.29, 0.717) is 17.6 Å². The Labute approximate surface area is 169 Å². The zero-order valence-corrected chi connectivity index (χ0v) is 17.5. The molecule has 0 fully saturated rings. The minimum Gasteiger partial charge on any atom is -0.338 e. The average molecular weight is 405 g/mol. The Hall–Kier alpha value is -2.42. The molecule has 0 saturated carbocycles. The molecule has 0 saturated heterocycles. The summed E-state index contributed by atoms with van der Waals surface area (Å²) >= 11 is 1.18. The van der Waals surface area contributed by atoms with Crippen LogP contribution in [0, 0.1) is 5.92 Å². The van der Waals surface area contributed by atoms with Crippen LogP contribution < -0.4 is 10.6 Å². The van der Waals surface area contributed by atoms with Crippen LogP contribution in [0.1, 0.15) is 45.6 Å². The molecule has 1 heterocycles. The van der Waals surface area contributed by atoms with E-state index in [-0.39, 0.29) is 5.75 Å². The third-order valence-corrected chi connectivity index (χ3v) is 4.95. The molecule has 0 aliphatic carbocycles. The highest BCUT2D eigenvalue weighted by Crippen LogP contribution is 2.18. The molecule has 152 valence electrons. The minimum absolute atomic E-state index is 0.0482. The molecule has 1 aromatic heterocycles. The molecule has 3 amide bonds. The second kappa shape index (κ2) is 11.4. The predicted molar refractivity (Wildman–Crippen MR) is 109 cm³/mol. The highest BCUT2D eigenvalue weighted by Gasteiger charge is 2.13. The van der Waals surface area contributed by atoms with Gasteiger partial charge in [0.15, 0.2) is 0 Å². The number of hydrogen-bond acceptors (Lipinski definition) is 6. The van der Waals surface area contributed by atoms with Crippen LogP contribution in [0.2, 0.25) is 0 Å². The first-order valence-corrected chi connectivity index (χ1v) is 10.6. The zero-order valence-electron chi connectivity index (χ0n) is 16.6. The highest BCUT2D eigenvalue weighted by atomic mass is 32.2. The van der Waals surface area contributed by atoms with Gasteiger partial charge >= 0.3 is 6.03 Å². The first-order valence-electron chi connectivity index (χ1n) is 9.57. The second-order valence-corrected chi connectivity index (χ2v) is 7.86. The van der Waals surface area contributed by atoms with E-state index >= 15 is 0 Å². The van der Waals surface area contributed by atoms with Crippen molar-refractivity contribution in [2.24, 2.45) is 5.92 Å². The predicted octanol–water partition coefficient (Wildman–Crippen LogP) is 2.97. The van der Waals surface area contributed by atoms with Crippen LogP contribution in [-0.4, -0.2) is 44.4 Å². The van der Waals surface area contributed by atoms with Crippen molar-refractivity contribution >= 4 is 23.7 Å². The Morgan fingerprint density at radius 2 is 1.96 bits per heavy atom. The summed E-state index contributed by atoms with van der Waals surface area (Å²) in [5, 5.41) is 17.1. The lowest BCUT2D eigenvalue weighted by atomic mass is 10.1. The maximum Gasteiger partial charge on any atom is 0.321 e. The number of tetrazole rings is 1. The van der Waals surface area contributed by atoms with Gasteiger partial charge in [-0.25, -0.2) is 4.79 Å². The number of imide groups is 1. The molecule has 8 nitrogen and oxygen atoms in total. The average Bonchev–Trinajstić information content (AvgIpc) is 3.13. The normalized spacial score (nSPS) is 10.9. The number of unbranched alkanes of at least 4 members (excludes halogenated alkanes) is 1. The van der Waals surface area contributed by atoms with E-state index in [2.05, 4.69) is 59.1 Å². The molecule has 0 aliphatic heterocycles. The lowest BCUT2D eigenvalue weighted by molar-refractivity contribution is -0.117. The van der Waals surface area contributed by atoms with Gasteiger partial charge in [-0.1, -0.05) is 51.1 Å². The van der Waals surface area contributed by atoms with Crippen molar-refractivity contribution in [1.82, 2.24) is 30.8 Å². The summed E-state index contributed by atoms with van der Waals surface area (Å²) in [6, 6.07) is 7.58. The number of nitrogens with one attached hydrogen (secondary N) is 2. The van der Waals surface area contributed by atoms with Gasteiger partial charge in [0.05, 0.1) is 11.4 Å². The molecule has 2 aromatic rings. The van der Waals surface area contributed by atoms with Gasteiger partial charge in [-0.2, -0.15) is 4.68 Å². The molecule has 1 aromatic carbocycles. The number of urea groups is 1. The van der Waals surface area contributed by atoms with E-state index in [0.717, 1.165) is 31.4 Å². The third kappa shape index (κ3) is 7.30. The summed E-state index contributed by atoms with van der Waals surface area (Å²) in [6.45, 7) is 6.86. The largest absolute Gasteiger partial charge is 0.338 e. The van der Waals surface area contributed by atoms with E-state index in [9.17, 15) is 9.59 Å². The summed E-state index contributed by atoms with van der Waals surface area (Å²) in [7, 11) is 0. The third-order valence-electron chi connectivity index (χ3n) is 4.03. The first-order chi connectivity index (χ1) is 13.5. The molecule has 0 bridgehead atoms. The monoisotopic (exact) mass is 404 g/mol. The van der Waals surface area contributed by atoms with Gasteiger partial charge in [-0.3, -0.25) is 10.1 Å². The molecule has 0 radical (unpaired) electrons. The number of nitrogens with zero attached hydrogens (tertiary/aromatic N) is 4. The van der Waals surface area contributed by atoms with E-state index in [1.165, 1.54) is 17.3 Å². The van der Waals surface area contributed by atoms with Crippen molar-refractivity contribution in [1.29, 1.82) is 0 Å². The quantitative estimate of drug-likeness (QED) is 0.590. The lowest BCUT2D eigenvalue weighted by Crippen LogP contribution is -2.40. The van der Waals surface area contributed by atoms with Crippen LogP contribution in [0.3, 0.4) is 0 Å². The number of amides is 3. The van der Waals surface area contributed by atoms with Gasteiger partial charge in [-0.05, 0) is 53.3 Å². The number of rotatable bonds is 10. The number of aryl methyl sites for hydroxylation is 1. The minimum atomic E-state index is -0.478. The van der Waals surface area contributed by atoms with Gasteiger partial charge in [0, 0.05) is 6.54 Å². The Bertz CT molecular complexity index is 760. The second-order valence-electron chi connectivity index (χ2n) is 6.92. The molecule has 0 unspecified atom stereocenters. The smallest absolute Gasteiger partial charge is 0.321 e. The zero-order chi connectivity index (χ0) is 20.4. The van der Waals surface area contributed by atoms with Crippen molar-refractivity contribution in [3.05, 3.63) is 29.8 Å². The van der Waals surface area contributed by atoms with Gasteiger partial charge in [0.25, 0.3) is 0 Å². The Kier molecular flexibility index (Phi) is 8.93. The maximum absolute atomic E-state index is 12.0. The molecule has 0 spiro atoms. The van der Waals surface area contributed by atoms with Gasteiger partial charge in [0.2, 0.25) is 11.1 Å². The summed E-state index contributed by atoms with van der Waals surface area (Å²) in [5.74, 6) is 0.148. The fourth-order valence-corrected chi connectivity index (χ4v) is 3.12. The lowest BCUT2D eigenvalue weighted by Gasteiger charge is -2.08. The van der Waals surface area contributed by atoms with Crippen molar-refractivity contribution in [3.8, 4) is 5.69 Å². The fourth-order valence-electron chi connectivity index (χ4n) is 2.43. The van der Waals surface area contributed by atoms with Crippen LogP contribution in [0.15, 0.2) is 29.4 Å². The van der Waals surface area contributed by atoms with Gasteiger partial charge < -0.3 is 5.32 Å². The van der Waals surface area contributed by atoms with Crippen LogP contribution in [0.25, 0.3) is 5.69 Å². The fraction of sp³-hybridized carbons (Fsp3) is 0.526. The summed E-state index contributed by atoms with van der Waals surface area (Å²) < 4.78 is 1.59.